The van der Waals surface area contributed by atoms with Gasteiger partial charge in [0, 0.05) is 38.7 Å². The second kappa shape index (κ2) is 6.38. The van der Waals surface area contributed by atoms with E-state index in [0.29, 0.717) is 25.1 Å². The summed E-state index contributed by atoms with van der Waals surface area (Å²) in [5.74, 6) is 1.10. The molecule has 3 rings (SSSR count). The molecule has 2 amide bonds. The van der Waals surface area contributed by atoms with Gasteiger partial charge in [0.1, 0.15) is 5.75 Å². The van der Waals surface area contributed by atoms with Crippen molar-refractivity contribution in [3.05, 3.63) is 29.3 Å². The van der Waals surface area contributed by atoms with E-state index in [4.69, 9.17) is 4.74 Å². The average Bonchev–Trinajstić information content (AvgIpc) is 2.96. The molecule has 0 aromatic heterocycles. The Bertz CT molecular complexity index is 585. The third kappa shape index (κ3) is 3.08. The van der Waals surface area contributed by atoms with Crippen LogP contribution in [0.25, 0.3) is 0 Å². The molecular formula is C17H22N2O3. The maximum atomic E-state index is 12.5. The van der Waals surface area contributed by atoms with Crippen molar-refractivity contribution < 1.29 is 14.3 Å². The molecule has 1 fully saturated rings. The SMILES string of the molecule is CN(CCN1CCCC1=O)C(=O)c1ccc2c(c1)CCCO2. The molecule has 0 saturated carbocycles. The van der Waals surface area contributed by atoms with Crippen molar-refractivity contribution in [1.82, 2.24) is 9.80 Å². The fourth-order valence-corrected chi connectivity index (χ4v) is 3.03. The Morgan fingerprint density at radius 2 is 2.18 bits per heavy atom. The number of likely N-dealkylation sites (N-methyl/N-ethyl adjacent to an activating group) is 1. The van der Waals surface area contributed by atoms with Crippen LogP contribution >= 0.6 is 0 Å². The van der Waals surface area contributed by atoms with Crippen molar-refractivity contribution in [2.45, 2.75) is 25.7 Å². The average molecular weight is 302 g/mol. The number of amides is 2. The topological polar surface area (TPSA) is 49.9 Å². The number of benzene rings is 1. The van der Waals surface area contributed by atoms with Crippen molar-refractivity contribution in [3.8, 4) is 5.75 Å². The molecule has 2 aliphatic heterocycles. The van der Waals surface area contributed by atoms with Crippen molar-refractivity contribution in [2.24, 2.45) is 0 Å². The van der Waals surface area contributed by atoms with Crippen molar-refractivity contribution in [1.29, 1.82) is 0 Å². The Hall–Kier alpha value is -2.04. The highest BCUT2D eigenvalue weighted by Gasteiger charge is 2.21. The molecule has 0 radical (unpaired) electrons. The van der Waals surface area contributed by atoms with Crippen molar-refractivity contribution >= 4 is 11.8 Å². The molecule has 2 aliphatic rings. The lowest BCUT2D eigenvalue weighted by Crippen LogP contribution is -2.36. The van der Waals surface area contributed by atoms with Crippen LogP contribution in [0.15, 0.2) is 18.2 Å². The summed E-state index contributed by atoms with van der Waals surface area (Å²) < 4.78 is 5.58. The Morgan fingerprint density at radius 1 is 1.32 bits per heavy atom. The van der Waals surface area contributed by atoms with Gasteiger partial charge < -0.3 is 14.5 Å². The molecule has 0 N–H and O–H groups in total. The summed E-state index contributed by atoms with van der Waals surface area (Å²) in [7, 11) is 1.79. The third-order valence-corrected chi connectivity index (χ3v) is 4.38. The smallest absolute Gasteiger partial charge is 0.253 e. The Balaban J connectivity index is 1.61. The Labute approximate surface area is 130 Å². The van der Waals surface area contributed by atoms with E-state index in [9.17, 15) is 9.59 Å². The zero-order valence-corrected chi connectivity index (χ0v) is 13.0. The lowest BCUT2D eigenvalue weighted by atomic mass is 10.0. The van der Waals surface area contributed by atoms with E-state index >= 15 is 0 Å². The fourth-order valence-electron chi connectivity index (χ4n) is 3.03. The number of aryl methyl sites for hydroxylation is 1. The van der Waals surface area contributed by atoms with E-state index in [2.05, 4.69) is 0 Å². The van der Waals surface area contributed by atoms with Gasteiger partial charge in [0.05, 0.1) is 6.61 Å². The van der Waals surface area contributed by atoms with Gasteiger partial charge in [-0.05, 0) is 43.0 Å². The highest BCUT2D eigenvalue weighted by Crippen LogP contribution is 2.26. The minimum atomic E-state index is 0.0000180. The molecular weight excluding hydrogens is 280 g/mol. The first kappa shape index (κ1) is 14.9. The zero-order chi connectivity index (χ0) is 15.5. The molecule has 22 heavy (non-hydrogen) atoms. The normalized spacial score (nSPS) is 17.1. The van der Waals surface area contributed by atoms with Crippen LogP contribution in [0.4, 0.5) is 0 Å². The number of hydrogen-bond donors (Lipinski definition) is 0. The Morgan fingerprint density at radius 3 is 2.95 bits per heavy atom. The Kier molecular flexibility index (Phi) is 4.32. The number of nitrogens with zero attached hydrogens (tertiary/aromatic N) is 2. The highest BCUT2D eigenvalue weighted by molar-refractivity contribution is 5.94. The monoisotopic (exact) mass is 302 g/mol. The number of rotatable bonds is 4. The molecule has 1 aromatic rings. The number of likely N-dealkylation sites (tertiary alicyclic amines) is 1. The molecule has 0 bridgehead atoms. The predicted molar refractivity (Wildman–Crippen MR) is 83.0 cm³/mol. The zero-order valence-electron chi connectivity index (χ0n) is 13.0. The molecule has 5 nitrogen and oxygen atoms in total. The molecule has 118 valence electrons. The van der Waals surface area contributed by atoms with Crippen LogP contribution in [0, 0.1) is 0 Å². The van der Waals surface area contributed by atoms with E-state index in [1.54, 1.807) is 11.9 Å². The van der Waals surface area contributed by atoms with Gasteiger partial charge in [-0.1, -0.05) is 0 Å². The van der Waals surface area contributed by atoms with Crippen LogP contribution in [0.3, 0.4) is 0 Å². The largest absolute Gasteiger partial charge is 0.493 e. The summed E-state index contributed by atoms with van der Waals surface area (Å²) in [5, 5.41) is 0. The first-order valence-electron chi connectivity index (χ1n) is 7.94. The maximum absolute atomic E-state index is 12.5. The van der Waals surface area contributed by atoms with E-state index in [0.717, 1.165) is 43.7 Å². The van der Waals surface area contributed by atoms with Gasteiger partial charge in [0.2, 0.25) is 5.91 Å². The lowest BCUT2D eigenvalue weighted by molar-refractivity contribution is -0.127. The first-order chi connectivity index (χ1) is 10.6. The van der Waals surface area contributed by atoms with Gasteiger partial charge in [-0.2, -0.15) is 0 Å². The molecule has 0 unspecified atom stereocenters. The minimum absolute atomic E-state index is 0.0000180. The second-order valence-corrected chi connectivity index (χ2v) is 5.99. The number of ether oxygens (including phenoxy) is 1. The van der Waals surface area contributed by atoms with E-state index in [1.807, 2.05) is 23.1 Å². The van der Waals surface area contributed by atoms with Crippen LogP contribution in [-0.4, -0.2) is 54.9 Å². The van der Waals surface area contributed by atoms with Crippen LogP contribution < -0.4 is 4.74 Å². The predicted octanol–water partition coefficient (Wildman–Crippen LogP) is 1.71. The van der Waals surface area contributed by atoms with E-state index < -0.39 is 0 Å². The first-order valence-corrected chi connectivity index (χ1v) is 7.94. The molecule has 0 aliphatic carbocycles. The quantitative estimate of drug-likeness (QED) is 0.851. The van der Waals surface area contributed by atoms with Crippen LogP contribution in [0.5, 0.6) is 5.75 Å². The van der Waals surface area contributed by atoms with Crippen LogP contribution in [-0.2, 0) is 11.2 Å². The maximum Gasteiger partial charge on any atom is 0.253 e. The van der Waals surface area contributed by atoms with Gasteiger partial charge in [0.15, 0.2) is 0 Å². The van der Waals surface area contributed by atoms with Gasteiger partial charge in [-0.25, -0.2) is 0 Å². The highest BCUT2D eigenvalue weighted by atomic mass is 16.5. The number of carbonyl (C=O) groups is 2. The molecule has 5 heteroatoms. The summed E-state index contributed by atoms with van der Waals surface area (Å²) in [4.78, 5) is 27.6. The molecule has 2 heterocycles. The van der Waals surface area contributed by atoms with Gasteiger partial charge >= 0.3 is 0 Å². The van der Waals surface area contributed by atoms with E-state index in [1.165, 1.54) is 0 Å². The molecule has 1 aromatic carbocycles. The second-order valence-electron chi connectivity index (χ2n) is 5.99. The van der Waals surface area contributed by atoms with Gasteiger partial charge in [0.25, 0.3) is 5.91 Å². The number of hydrogen-bond acceptors (Lipinski definition) is 3. The minimum Gasteiger partial charge on any atom is -0.493 e. The van der Waals surface area contributed by atoms with Crippen molar-refractivity contribution in [2.75, 3.05) is 33.3 Å². The standard InChI is InChI=1S/C17H22N2O3/c1-18(9-10-19-8-2-5-16(19)20)17(21)14-6-7-15-13(12-14)4-3-11-22-15/h6-7,12H,2-5,8-11H2,1H3. The molecule has 1 saturated heterocycles. The summed E-state index contributed by atoms with van der Waals surface area (Å²) in [6.45, 7) is 2.76. The summed E-state index contributed by atoms with van der Waals surface area (Å²) in [6.07, 6.45) is 3.53. The summed E-state index contributed by atoms with van der Waals surface area (Å²) >= 11 is 0. The summed E-state index contributed by atoms with van der Waals surface area (Å²) in [6, 6.07) is 5.65. The van der Waals surface area contributed by atoms with E-state index in [-0.39, 0.29) is 11.8 Å². The number of carbonyl (C=O) groups excluding carboxylic acids is 2. The molecule has 0 spiro atoms. The third-order valence-electron chi connectivity index (χ3n) is 4.38. The van der Waals surface area contributed by atoms with Gasteiger partial charge in [-0.15, -0.1) is 0 Å². The van der Waals surface area contributed by atoms with Crippen molar-refractivity contribution in [3.63, 3.8) is 0 Å². The van der Waals surface area contributed by atoms with Crippen LogP contribution in [0.1, 0.15) is 35.2 Å². The lowest BCUT2D eigenvalue weighted by Gasteiger charge is -2.23. The number of fused-ring (bicyclic) bond motifs is 1. The summed E-state index contributed by atoms with van der Waals surface area (Å²) in [5.41, 5.74) is 1.81. The van der Waals surface area contributed by atoms with Gasteiger partial charge in [-0.3, -0.25) is 9.59 Å². The van der Waals surface area contributed by atoms with Crippen LogP contribution in [0.2, 0.25) is 0 Å². The fraction of sp³-hybridized carbons (Fsp3) is 0.529. The molecule has 0 atom stereocenters.